The van der Waals surface area contributed by atoms with Gasteiger partial charge < -0.3 is 23.4 Å². The molecule has 0 bridgehead atoms. The topological polar surface area (TPSA) is 108 Å². The zero-order valence-electron chi connectivity index (χ0n) is 14.2. The van der Waals surface area contributed by atoms with Crippen molar-refractivity contribution in [2.75, 3.05) is 6.79 Å². The van der Waals surface area contributed by atoms with Gasteiger partial charge in [0.25, 0.3) is 5.22 Å². The maximum Gasteiger partial charge on any atom is 0.336 e. The van der Waals surface area contributed by atoms with Gasteiger partial charge in [0.05, 0.1) is 0 Å². The normalized spacial score (nSPS) is 12.6. The van der Waals surface area contributed by atoms with Gasteiger partial charge in [-0.2, -0.15) is 0 Å². The Labute approximate surface area is 161 Å². The van der Waals surface area contributed by atoms with Crippen molar-refractivity contribution in [2.24, 2.45) is 0 Å². The van der Waals surface area contributed by atoms with Gasteiger partial charge in [-0.3, -0.25) is 0 Å². The van der Waals surface area contributed by atoms with E-state index in [1.54, 1.807) is 24.3 Å². The maximum atomic E-state index is 11.8. The van der Waals surface area contributed by atoms with E-state index in [0.717, 1.165) is 16.5 Å². The van der Waals surface area contributed by atoms with Crippen LogP contribution in [0.4, 0.5) is 0 Å². The fourth-order valence-corrected chi connectivity index (χ4v) is 3.65. The van der Waals surface area contributed by atoms with Crippen molar-refractivity contribution >= 4 is 22.7 Å². The Balaban J connectivity index is 1.38. The van der Waals surface area contributed by atoms with Gasteiger partial charge in [-0.15, -0.1) is 10.2 Å². The van der Waals surface area contributed by atoms with Crippen molar-refractivity contribution in [1.29, 1.82) is 0 Å². The molecule has 0 amide bonds. The standard InChI is InChI=1S/C19H12N2O6S/c22-12-2-3-13-11(6-17(23)26-15(13)7-12)8-28-19-21-20-18(27-19)10-1-4-14-16(5-10)25-9-24-14/h1-7,22H,8-9H2. The van der Waals surface area contributed by atoms with Gasteiger partial charge in [-0.1, -0.05) is 11.8 Å². The quantitative estimate of drug-likeness (QED) is 0.409. The Hall–Kier alpha value is -3.46. The highest BCUT2D eigenvalue weighted by atomic mass is 32.2. The fourth-order valence-electron chi connectivity index (χ4n) is 2.89. The van der Waals surface area contributed by atoms with Crippen LogP contribution in [0.1, 0.15) is 5.56 Å². The molecule has 1 aliphatic heterocycles. The van der Waals surface area contributed by atoms with Gasteiger partial charge in [0, 0.05) is 28.8 Å². The highest BCUT2D eigenvalue weighted by Gasteiger charge is 2.17. The first-order chi connectivity index (χ1) is 13.7. The van der Waals surface area contributed by atoms with Crippen LogP contribution in [0.15, 0.2) is 61.3 Å². The number of aromatic hydroxyl groups is 1. The molecule has 3 heterocycles. The number of phenols is 1. The third-order valence-electron chi connectivity index (χ3n) is 4.19. The second kappa shape index (κ2) is 6.61. The average molecular weight is 396 g/mol. The van der Waals surface area contributed by atoms with E-state index >= 15 is 0 Å². The van der Waals surface area contributed by atoms with Gasteiger partial charge in [-0.05, 0) is 35.9 Å². The van der Waals surface area contributed by atoms with Crippen LogP contribution in [0.5, 0.6) is 17.2 Å². The van der Waals surface area contributed by atoms with Crippen LogP contribution < -0.4 is 15.1 Å². The van der Waals surface area contributed by atoms with Gasteiger partial charge >= 0.3 is 5.63 Å². The number of hydrogen-bond donors (Lipinski definition) is 1. The lowest BCUT2D eigenvalue weighted by Gasteiger charge is -2.04. The molecule has 0 unspecified atom stereocenters. The molecule has 28 heavy (non-hydrogen) atoms. The van der Waals surface area contributed by atoms with Crippen LogP contribution in [0.25, 0.3) is 22.4 Å². The molecule has 8 nitrogen and oxygen atoms in total. The first-order valence-corrected chi connectivity index (χ1v) is 9.26. The summed E-state index contributed by atoms with van der Waals surface area (Å²) in [5.74, 6) is 2.14. The Morgan fingerprint density at radius 2 is 1.89 bits per heavy atom. The third-order valence-corrected chi connectivity index (χ3v) is 5.06. The summed E-state index contributed by atoms with van der Waals surface area (Å²) in [6, 6.07) is 11.5. The minimum Gasteiger partial charge on any atom is -0.508 e. The number of aromatic nitrogens is 2. The van der Waals surface area contributed by atoms with Crippen LogP contribution >= 0.6 is 11.8 Å². The summed E-state index contributed by atoms with van der Waals surface area (Å²) < 4.78 is 21.5. The molecular formula is C19H12N2O6S. The molecule has 0 saturated carbocycles. The molecular weight excluding hydrogens is 384 g/mol. The summed E-state index contributed by atoms with van der Waals surface area (Å²) in [7, 11) is 0. The van der Waals surface area contributed by atoms with Gasteiger partial charge in [0.15, 0.2) is 11.5 Å². The minimum atomic E-state index is -0.486. The van der Waals surface area contributed by atoms with Crippen LogP contribution in [0.3, 0.4) is 0 Å². The summed E-state index contributed by atoms with van der Waals surface area (Å²) in [5, 5.41) is 18.8. The highest BCUT2D eigenvalue weighted by Crippen LogP contribution is 2.36. The van der Waals surface area contributed by atoms with Crippen molar-refractivity contribution < 1.29 is 23.4 Å². The first-order valence-electron chi connectivity index (χ1n) is 8.28. The predicted octanol–water partition coefficient (Wildman–Crippen LogP) is 3.57. The van der Waals surface area contributed by atoms with E-state index in [2.05, 4.69) is 10.2 Å². The predicted molar refractivity (Wildman–Crippen MR) is 99.6 cm³/mol. The van der Waals surface area contributed by atoms with E-state index in [0.29, 0.717) is 33.9 Å². The van der Waals surface area contributed by atoms with Gasteiger partial charge in [0.1, 0.15) is 11.3 Å². The molecule has 2 aromatic carbocycles. The molecule has 5 rings (SSSR count). The number of nitrogens with zero attached hydrogens (tertiary/aromatic N) is 2. The monoisotopic (exact) mass is 396 g/mol. The lowest BCUT2D eigenvalue weighted by molar-refractivity contribution is 0.174. The molecule has 0 spiro atoms. The zero-order chi connectivity index (χ0) is 19.1. The van der Waals surface area contributed by atoms with Gasteiger partial charge in [-0.25, -0.2) is 4.79 Å². The largest absolute Gasteiger partial charge is 0.508 e. The van der Waals surface area contributed by atoms with Gasteiger partial charge in [0.2, 0.25) is 12.7 Å². The average Bonchev–Trinajstić information content (AvgIpc) is 3.34. The molecule has 9 heteroatoms. The number of ether oxygens (including phenoxy) is 2. The first kappa shape index (κ1) is 16.7. The van der Waals surface area contributed by atoms with E-state index < -0.39 is 5.63 Å². The number of phenolic OH excluding ortho intramolecular Hbond substituents is 1. The number of rotatable bonds is 4. The Kier molecular flexibility index (Phi) is 3.94. The Bertz CT molecular complexity index is 1250. The summed E-state index contributed by atoms with van der Waals surface area (Å²) in [6.45, 7) is 0.195. The van der Waals surface area contributed by atoms with Crippen molar-refractivity contribution in [3.8, 4) is 28.7 Å². The Morgan fingerprint density at radius 1 is 1.00 bits per heavy atom. The molecule has 1 N–H and O–H groups in total. The fraction of sp³-hybridized carbons (Fsp3) is 0.105. The van der Waals surface area contributed by atoms with E-state index in [-0.39, 0.29) is 12.5 Å². The van der Waals surface area contributed by atoms with E-state index in [1.165, 1.54) is 23.9 Å². The second-order valence-electron chi connectivity index (χ2n) is 6.00. The van der Waals surface area contributed by atoms with E-state index in [4.69, 9.17) is 18.3 Å². The summed E-state index contributed by atoms with van der Waals surface area (Å²) in [4.78, 5) is 11.8. The SMILES string of the molecule is O=c1cc(CSc2nnc(-c3ccc4c(c3)OCO4)o2)c2ccc(O)cc2o1. The van der Waals surface area contributed by atoms with Crippen LogP contribution in [0, 0.1) is 0 Å². The van der Waals surface area contributed by atoms with Crippen LogP contribution in [0.2, 0.25) is 0 Å². The molecule has 1 aliphatic rings. The van der Waals surface area contributed by atoms with Crippen LogP contribution in [-0.2, 0) is 5.75 Å². The number of fused-ring (bicyclic) bond motifs is 2. The molecule has 0 atom stereocenters. The maximum absolute atomic E-state index is 11.8. The second-order valence-corrected chi connectivity index (χ2v) is 6.93. The van der Waals surface area contributed by atoms with Crippen molar-refractivity contribution in [2.45, 2.75) is 11.0 Å². The third kappa shape index (κ3) is 3.05. The van der Waals surface area contributed by atoms with Crippen LogP contribution in [-0.4, -0.2) is 22.1 Å². The highest BCUT2D eigenvalue weighted by molar-refractivity contribution is 7.98. The van der Waals surface area contributed by atoms with E-state index in [9.17, 15) is 9.90 Å². The summed E-state index contributed by atoms with van der Waals surface area (Å²) in [6.07, 6.45) is 0. The van der Waals surface area contributed by atoms with Crippen molar-refractivity contribution in [3.63, 3.8) is 0 Å². The lowest BCUT2D eigenvalue weighted by atomic mass is 10.1. The summed E-state index contributed by atoms with van der Waals surface area (Å²) in [5.41, 5.74) is 1.32. The minimum absolute atomic E-state index is 0.0331. The number of hydrogen-bond acceptors (Lipinski definition) is 9. The zero-order valence-corrected chi connectivity index (χ0v) is 15.1. The molecule has 0 fully saturated rings. The molecule has 2 aromatic heterocycles. The molecule has 0 aliphatic carbocycles. The smallest absolute Gasteiger partial charge is 0.336 e. The molecule has 0 saturated heterocycles. The number of benzene rings is 2. The molecule has 0 radical (unpaired) electrons. The van der Waals surface area contributed by atoms with Crippen molar-refractivity contribution in [1.82, 2.24) is 10.2 Å². The Morgan fingerprint density at radius 3 is 2.82 bits per heavy atom. The lowest BCUT2D eigenvalue weighted by Crippen LogP contribution is -1.99. The molecule has 4 aromatic rings. The number of thioether (sulfide) groups is 1. The molecule has 140 valence electrons. The van der Waals surface area contributed by atoms with Crippen molar-refractivity contribution in [3.05, 3.63) is 58.4 Å². The van der Waals surface area contributed by atoms with E-state index in [1.807, 2.05) is 6.07 Å². The summed E-state index contributed by atoms with van der Waals surface area (Å²) >= 11 is 1.30.